The first-order chi connectivity index (χ1) is 17.6. The number of benzene rings is 1. The Morgan fingerprint density at radius 2 is 1.97 bits per heavy atom. The predicted octanol–water partition coefficient (Wildman–Crippen LogP) is 2.87. The third-order valence-electron chi connectivity index (χ3n) is 6.89. The third-order valence-corrected chi connectivity index (χ3v) is 7.14. The maximum Gasteiger partial charge on any atom is 0.307 e. The molecule has 0 radical (unpaired) electrons. The number of hydrogen-bond donors (Lipinski definition) is 1. The lowest BCUT2D eigenvalue weighted by Gasteiger charge is -2.38. The van der Waals surface area contributed by atoms with Crippen LogP contribution in [-0.4, -0.2) is 51.5 Å². The van der Waals surface area contributed by atoms with E-state index in [0.717, 1.165) is 11.1 Å². The van der Waals surface area contributed by atoms with Gasteiger partial charge in [-0.2, -0.15) is 0 Å². The number of ether oxygens (including phenoxy) is 4. The van der Waals surface area contributed by atoms with E-state index in [1.807, 2.05) is 0 Å². The zero-order chi connectivity index (χ0) is 26.4. The van der Waals surface area contributed by atoms with Gasteiger partial charge in [0.15, 0.2) is 11.2 Å². The number of aliphatic carboxylic acids is 1. The van der Waals surface area contributed by atoms with Gasteiger partial charge in [-0.3, -0.25) is 14.6 Å². The predicted molar refractivity (Wildman–Crippen MR) is 123 cm³/mol. The van der Waals surface area contributed by atoms with Crippen molar-refractivity contribution in [2.24, 2.45) is 0 Å². The Labute approximate surface area is 215 Å². The molecule has 3 aliphatic rings. The number of rotatable bonds is 8. The van der Waals surface area contributed by atoms with Gasteiger partial charge in [0.2, 0.25) is 0 Å². The number of halogens is 1. The van der Waals surface area contributed by atoms with Gasteiger partial charge in [0.05, 0.1) is 32.7 Å². The largest absolute Gasteiger partial charge is 0.481 e. The fraction of sp³-hybridized carbons (Fsp3) is 0.458. The molecule has 3 aliphatic heterocycles. The molecule has 37 heavy (non-hydrogen) atoms. The van der Waals surface area contributed by atoms with Crippen LogP contribution in [0.25, 0.3) is 0 Å². The van der Waals surface area contributed by atoms with Crippen molar-refractivity contribution in [3.8, 4) is 0 Å². The molecule has 0 amide bonds. The highest BCUT2D eigenvalue weighted by Crippen LogP contribution is 2.58. The van der Waals surface area contributed by atoms with E-state index in [4.69, 9.17) is 40.5 Å². The molecule has 1 aromatic carbocycles. The molecular weight excluding hydrogens is 512 g/mol. The van der Waals surface area contributed by atoms with Gasteiger partial charge in [-0.15, -0.1) is 10.1 Å². The Bertz CT molecular complexity index is 1240. The Kier molecular flexibility index (Phi) is 6.52. The number of carboxylic acids is 1. The molecule has 0 saturated carbocycles. The van der Waals surface area contributed by atoms with E-state index in [0.29, 0.717) is 22.8 Å². The van der Waals surface area contributed by atoms with Crippen LogP contribution in [-0.2, 0) is 52.2 Å². The topological polar surface area (TPSA) is 157 Å². The molecule has 196 valence electrons. The van der Waals surface area contributed by atoms with Crippen molar-refractivity contribution in [1.29, 1.82) is 0 Å². The Morgan fingerprint density at radius 1 is 1.22 bits per heavy atom. The molecule has 5 rings (SSSR count). The molecule has 2 saturated heterocycles. The van der Waals surface area contributed by atoms with Crippen molar-refractivity contribution in [2.75, 3.05) is 6.61 Å². The maximum atomic E-state index is 13.1. The minimum Gasteiger partial charge on any atom is -0.481 e. The average Bonchev–Trinajstić information content (AvgIpc) is 3.53. The van der Waals surface area contributed by atoms with Crippen LogP contribution in [0.5, 0.6) is 0 Å². The van der Waals surface area contributed by atoms with Gasteiger partial charge in [-0.05, 0) is 24.6 Å². The van der Waals surface area contributed by atoms with E-state index in [1.165, 1.54) is 6.92 Å². The molecule has 12 nitrogen and oxygen atoms in total. The first-order valence-corrected chi connectivity index (χ1v) is 11.9. The lowest BCUT2D eigenvalue weighted by molar-refractivity contribution is -0.781. The van der Waals surface area contributed by atoms with Crippen LogP contribution in [0, 0.1) is 10.1 Å². The Balaban J connectivity index is 1.68. The Hall–Kier alpha value is -3.32. The van der Waals surface area contributed by atoms with Gasteiger partial charge in [-0.1, -0.05) is 23.7 Å². The van der Waals surface area contributed by atoms with E-state index < -0.39 is 59.4 Å². The zero-order valence-electron chi connectivity index (χ0n) is 19.6. The molecule has 1 aromatic heterocycles. The quantitative estimate of drug-likeness (QED) is 0.301. The van der Waals surface area contributed by atoms with Crippen molar-refractivity contribution >= 4 is 23.5 Å². The molecule has 0 aliphatic carbocycles. The lowest BCUT2D eigenvalue weighted by atomic mass is 9.78. The number of carbonyl (C=O) groups excluding carboxylic acids is 1. The van der Waals surface area contributed by atoms with E-state index in [1.54, 1.807) is 36.7 Å². The second-order valence-electron chi connectivity index (χ2n) is 9.32. The van der Waals surface area contributed by atoms with Gasteiger partial charge in [-0.25, -0.2) is 0 Å². The number of carbonyl (C=O) groups is 2. The van der Waals surface area contributed by atoms with Gasteiger partial charge < -0.3 is 28.9 Å². The summed E-state index contributed by atoms with van der Waals surface area (Å²) < 4.78 is 24.3. The van der Waals surface area contributed by atoms with Crippen LogP contribution in [0.3, 0.4) is 0 Å². The molecule has 2 aromatic rings. The lowest BCUT2D eigenvalue weighted by Crippen LogP contribution is -2.48. The summed E-state index contributed by atoms with van der Waals surface area (Å²) in [5.41, 5.74) is -0.586. The summed E-state index contributed by atoms with van der Waals surface area (Å²) >= 11 is 6.14. The summed E-state index contributed by atoms with van der Waals surface area (Å²) in [5, 5.41) is 19.9. The fourth-order valence-electron chi connectivity index (χ4n) is 5.24. The molecule has 5 atom stereocenters. The number of nitrogens with zero attached hydrogens (tertiary/aromatic N) is 2. The second kappa shape index (κ2) is 9.53. The summed E-state index contributed by atoms with van der Waals surface area (Å²) in [5.74, 6) is -1.98. The minimum absolute atomic E-state index is 0.216. The second-order valence-corrected chi connectivity index (χ2v) is 9.76. The van der Waals surface area contributed by atoms with Crippen molar-refractivity contribution in [1.82, 2.24) is 4.98 Å². The molecule has 4 heterocycles. The SMILES string of the molecule is CC1(O[N+](=O)[O-])COC2C1OC(c1cncc3c1COC3)C2(OC(=O)CCC(=O)O)c1ccc(Cl)cc1. The van der Waals surface area contributed by atoms with Crippen LogP contribution in [0.4, 0.5) is 0 Å². The smallest absolute Gasteiger partial charge is 0.307 e. The van der Waals surface area contributed by atoms with Crippen LogP contribution >= 0.6 is 11.6 Å². The Morgan fingerprint density at radius 3 is 2.68 bits per heavy atom. The molecule has 2 fully saturated rings. The van der Waals surface area contributed by atoms with Gasteiger partial charge >= 0.3 is 11.9 Å². The van der Waals surface area contributed by atoms with Gasteiger partial charge in [0.1, 0.15) is 18.3 Å². The van der Waals surface area contributed by atoms with Crippen LogP contribution in [0.15, 0.2) is 36.7 Å². The molecule has 13 heteroatoms. The number of esters is 1. The molecule has 0 bridgehead atoms. The number of pyridine rings is 1. The minimum atomic E-state index is -1.68. The summed E-state index contributed by atoms with van der Waals surface area (Å²) in [6, 6.07) is 6.50. The standard InChI is InChI=1S/C24H23ClN2O10/c1-23(37-27(31)32)12-34-22-21(23)35-20(16-9-26-8-13-10-33-11-17(13)16)24(22,14-2-4-15(25)5-3-14)36-19(30)7-6-18(28)29/h2-5,8-9,20-22H,6-7,10-12H2,1H3,(H,28,29). The molecule has 1 N–H and O–H groups in total. The van der Waals surface area contributed by atoms with Gasteiger partial charge in [0.25, 0.3) is 5.09 Å². The number of fused-ring (bicyclic) bond motifs is 2. The van der Waals surface area contributed by atoms with Crippen molar-refractivity contribution in [3.05, 3.63) is 74.0 Å². The normalized spacial score (nSPS) is 29.9. The van der Waals surface area contributed by atoms with Crippen LogP contribution in [0.1, 0.15) is 48.1 Å². The monoisotopic (exact) mass is 534 g/mol. The van der Waals surface area contributed by atoms with Crippen molar-refractivity contribution in [3.63, 3.8) is 0 Å². The van der Waals surface area contributed by atoms with Crippen molar-refractivity contribution < 1.29 is 43.6 Å². The summed E-state index contributed by atoms with van der Waals surface area (Å²) in [6.45, 7) is 1.86. The first-order valence-electron chi connectivity index (χ1n) is 11.5. The van der Waals surface area contributed by atoms with Crippen LogP contribution in [0.2, 0.25) is 5.02 Å². The molecular formula is C24H23ClN2O10. The highest BCUT2D eigenvalue weighted by Gasteiger charge is 2.70. The third kappa shape index (κ3) is 4.39. The van der Waals surface area contributed by atoms with E-state index in [9.17, 15) is 19.7 Å². The van der Waals surface area contributed by atoms with E-state index >= 15 is 0 Å². The van der Waals surface area contributed by atoms with Crippen LogP contribution < -0.4 is 0 Å². The summed E-state index contributed by atoms with van der Waals surface area (Å²) in [7, 11) is 0. The maximum absolute atomic E-state index is 13.1. The molecule has 0 spiro atoms. The highest BCUT2D eigenvalue weighted by atomic mass is 35.5. The fourth-order valence-corrected chi connectivity index (χ4v) is 5.37. The average molecular weight is 535 g/mol. The number of hydrogen-bond acceptors (Lipinski definition) is 10. The number of aromatic nitrogens is 1. The number of carboxylic acid groups (broad SMARTS) is 1. The summed E-state index contributed by atoms with van der Waals surface area (Å²) in [4.78, 5) is 44.9. The summed E-state index contributed by atoms with van der Waals surface area (Å²) in [6.07, 6.45) is -0.752. The van der Waals surface area contributed by atoms with Crippen molar-refractivity contribution in [2.45, 2.75) is 62.5 Å². The van der Waals surface area contributed by atoms with Gasteiger partial charge in [0, 0.05) is 34.1 Å². The zero-order valence-corrected chi connectivity index (χ0v) is 20.4. The highest BCUT2D eigenvalue weighted by molar-refractivity contribution is 6.30. The molecule has 5 unspecified atom stereocenters. The van der Waals surface area contributed by atoms with E-state index in [2.05, 4.69) is 4.98 Å². The van der Waals surface area contributed by atoms with E-state index in [-0.39, 0.29) is 13.2 Å². The first kappa shape index (κ1) is 25.3.